The van der Waals surface area contributed by atoms with Crippen molar-refractivity contribution < 1.29 is 9.13 Å². The summed E-state index contributed by atoms with van der Waals surface area (Å²) in [5.41, 5.74) is 2.69. The van der Waals surface area contributed by atoms with E-state index in [1.54, 1.807) is 19.2 Å². The number of aromatic nitrogens is 2. The molecule has 2 aromatic carbocycles. The molecule has 0 saturated carbocycles. The molecule has 0 bridgehead atoms. The Bertz CT molecular complexity index is 917. The maximum absolute atomic E-state index is 13.7. The highest BCUT2D eigenvalue weighted by molar-refractivity contribution is 5.42. The van der Waals surface area contributed by atoms with Gasteiger partial charge in [0.25, 0.3) is 0 Å². The number of hydrogen-bond donors (Lipinski definition) is 2. The van der Waals surface area contributed by atoms with E-state index in [1.807, 2.05) is 43.3 Å². The molecule has 0 saturated heterocycles. The van der Waals surface area contributed by atoms with E-state index in [-0.39, 0.29) is 5.82 Å². The molecular weight excluding hydrogens is 355 g/mol. The molecule has 1 heterocycles. The summed E-state index contributed by atoms with van der Waals surface area (Å²) in [6.45, 7) is 3.21. The minimum Gasteiger partial charge on any atom is -0.496 e. The van der Waals surface area contributed by atoms with Crippen molar-refractivity contribution in [2.24, 2.45) is 0 Å². The Kier molecular flexibility index (Phi) is 6.78. The van der Waals surface area contributed by atoms with Gasteiger partial charge in [-0.3, -0.25) is 0 Å². The van der Waals surface area contributed by atoms with Crippen molar-refractivity contribution in [2.45, 2.75) is 19.8 Å². The first-order valence-corrected chi connectivity index (χ1v) is 9.34. The Hall–Kier alpha value is -3.15. The summed E-state index contributed by atoms with van der Waals surface area (Å²) < 4.78 is 19.1. The van der Waals surface area contributed by atoms with Gasteiger partial charge in [-0.25, -0.2) is 9.37 Å². The molecular formula is C22H25FN4O. The van der Waals surface area contributed by atoms with Crippen LogP contribution in [0.25, 0.3) is 0 Å². The Morgan fingerprint density at radius 2 is 1.57 bits per heavy atom. The van der Waals surface area contributed by atoms with Gasteiger partial charge >= 0.3 is 0 Å². The van der Waals surface area contributed by atoms with Crippen molar-refractivity contribution in [2.75, 3.05) is 30.8 Å². The van der Waals surface area contributed by atoms with Crippen LogP contribution >= 0.6 is 0 Å². The molecule has 0 radical (unpaired) electrons. The van der Waals surface area contributed by atoms with Gasteiger partial charge in [0.05, 0.1) is 7.11 Å². The van der Waals surface area contributed by atoms with Crippen LogP contribution in [0.2, 0.25) is 0 Å². The third kappa shape index (κ3) is 5.42. The third-order valence-corrected chi connectivity index (χ3v) is 4.38. The number of ether oxygens (including phenoxy) is 1. The lowest BCUT2D eigenvalue weighted by atomic mass is 10.1. The van der Waals surface area contributed by atoms with Crippen molar-refractivity contribution in [3.8, 4) is 5.75 Å². The number of hydrogen-bond acceptors (Lipinski definition) is 5. The van der Waals surface area contributed by atoms with Gasteiger partial charge in [-0.15, -0.1) is 0 Å². The molecule has 6 heteroatoms. The Morgan fingerprint density at radius 1 is 0.893 bits per heavy atom. The van der Waals surface area contributed by atoms with Crippen molar-refractivity contribution in [1.82, 2.24) is 9.97 Å². The third-order valence-electron chi connectivity index (χ3n) is 4.38. The van der Waals surface area contributed by atoms with Gasteiger partial charge in [0, 0.05) is 24.8 Å². The molecule has 0 spiro atoms. The molecule has 0 aliphatic rings. The number of nitrogens with one attached hydrogen (secondary N) is 2. The fraction of sp³-hybridized carbons (Fsp3) is 0.273. The highest BCUT2D eigenvalue weighted by Crippen LogP contribution is 2.18. The summed E-state index contributed by atoms with van der Waals surface area (Å²) in [6.07, 6.45) is 1.39. The molecule has 0 fully saturated rings. The fourth-order valence-corrected chi connectivity index (χ4v) is 2.98. The van der Waals surface area contributed by atoms with Crippen LogP contribution < -0.4 is 15.4 Å². The van der Waals surface area contributed by atoms with E-state index < -0.39 is 0 Å². The van der Waals surface area contributed by atoms with Crippen molar-refractivity contribution in [3.05, 3.63) is 77.2 Å². The second-order valence-electron chi connectivity index (χ2n) is 6.47. The van der Waals surface area contributed by atoms with E-state index in [1.165, 1.54) is 6.07 Å². The highest BCUT2D eigenvalue weighted by atomic mass is 19.1. The fourth-order valence-electron chi connectivity index (χ4n) is 2.98. The van der Waals surface area contributed by atoms with Crippen LogP contribution in [0.1, 0.15) is 16.8 Å². The average Bonchev–Trinajstić information content (AvgIpc) is 2.69. The summed E-state index contributed by atoms with van der Waals surface area (Å²) in [4.78, 5) is 8.94. The predicted molar refractivity (Wildman–Crippen MR) is 111 cm³/mol. The number of nitrogens with zero attached hydrogens (tertiary/aromatic N) is 2. The monoisotopic (exact) mass is 380 g/mol. The van der Waals surface area contributed by atoms with Gasteiger partial charge < -0.3 is 15.4 Å². The van der Waals surface area contributed by atoms with Gasteiger partial charge in [-0.1, -0.05) is 36.4 Å². The molecule has 3 aromatic rings. The molecule has 0 amide bonds. The molecule has 0 aliphatic heterocycles. The van der Waals surface area contributed by atoms with Crippen LogP contribution in [-0.4, -0.2) is 30.2 Å². The first-order chi connectivity index (χ1) is 13.7. The van der Waals surface area contributed by atoms with Gasteiger partial charge in [-0.05, 0) is 43.0 Å². The molecule has 0 atom stereocenters. The maximum atomic E-state index is 13.7. The van der Waals surface area contributed by atoms with Crippen LogP contribution in [0, 0.1) is 12.7 Å². The molecule has 1 aromatic heterocycles. The molecule has 0 aliphatic carbocycles. The van der Waals surface area contributed by atoms with E-state index in [0.717, 1.165) is 29.2 Å². The zero-order valence-corrected chi connectivity index (χ0v) is 16.2. The standard InChI is InChI=1S/C22H25FN4O/c1-16-15-21(24-13-11-17-7-3-5-9-19(17)23)27-22(26-16)25-14-12-18-8-4-6-10-20(18)28-2/h3-10,15H,11-14H2,1-2H3,(H2,24,25,26,27). The molecule has 2 N–H and O–H groups in total. The first-order valence-electron chi connectivity index (χ1n) is 9.34. The van der Waals surface area contributed by atoms with E-state index in [4.69, 9.17) is 4.74 Å². The SMILES string of the molecule is COc1ccccc1CCNc1nc(C)cc(NCCc2ccccc2F)n1. The van der Waals surface area contributed by atoms with E-state index in [2.05, 4.69) is 20.6 Å². The molecule has 3 rings (SSSR count). The maximum Gasteiger partial charge on any atom is 0.224 e. The quantitative estimate of drug-likeness (QED) is 0.581. The van der Waals surface area contributed by atoms with Crippen molar-refractivity contribution in [1.29, 1.82) is 0 Å². The van der Waals surface area contributed by atoms with Gasteiger partial charge in [0.2, 0.25) is 5.95 Å². The molecule has 146 valence electrons. The van der Waals surface area contributed by atoms with Gasteiger partial charge in [0.15, 0.2) is 0 Å². The first kappa shape index (κ1) is 19.6. The Balaban J connectivity index is 1.55. The van der Waals surface area contributed by atoms with Gasteiger partial charge in [0.1, 0.15) is 17.4 Å². The number of aryl methyl sites for hydroxylation is 1. The molecule has 28 heavy (non-hydrogen) atoms. The number of methoxy groups -OCH3 is 1. The number of para-hydroxylation sites is 1. The van der Waals surface area contributed by atoms with E-state index >= 15 is 0 Å². The zero-order valence-electron chi connectivity index (χ0n) is 16.2. The summed E-state index contributed by atoms with van der Waals surface area (Å²) >= 11 is 0. The second kappa shape index (κ2) is 9.69. The van der Waals surface area contributed by atoms with E-state index in [0.29, 0.717) is 31.0 Å². The van der Waals surface area contributed by atoms with E-state index in [9.17, 15) is 4.39 Å². The van der Waals surface area contributed by atoms with Crippen LogP contribution in [0.5, 0.6) is 5.75 Å². The van der Waals surface area contributed by atoms with Crippen LogP contribution in [0.4, 0.5) is 16.2 Å². The van der Waals surface area contributed by atoms with Crippen molar-refractivity contribution in [3.63, 3.8) is 0 Å². The van der Waals surface area contributed by atoms with Crippen molar-refractivity contribution >= 4 is 11.8 Å². The Labute approximate surface area is 165 Å². The summed E-state index contributed by atoms with van der Waals surface area (Å²) in [5.74, 6) is 2.00. The van der Waals surface area contributed by atoms with Gasteiger partial charge in [-0.2, -0.15) is 4.98 Å². The average molecular weight is 380 g/mol. The van der Waals surface area contributed by atoms with Crippen LogP contribution in [-0.2, 0) is 12.8 Å². The largest absolute Gasteiger partial charge is 0.496 e. The number of halogens is 1. The van der Waals surface area contributed by atoms with Crippen LogP contribution in [0.15, 0.2) is 54.6 Å². The minimum atomic E-state index is -0.179. The van der Waals surface area contributed by atoms with Crippen LogP contribution in [0.3, 0.4) is 0 Å². The Morgan fingerprint density at radius 3 is 2.36 bits per heavy atom. The topological polar surface area (TPSA) is 59.1 Å². The number of rotatable bonds is 9. The molecule has 5 nitrogen and oxygen atoms in total. The summed E-state index contributed by atoms with van der Waals surface area (Å²) in [6, 6.07) is 16.7. The minimum absolute atomic E-state index is 0.179. The summed E-state index contributed by atoms with van der Waals surface area (Å²) in [5, 5.41) is 6.52. The predicted octanol–water partition coefficient (Wildman–Crippen LogP) is 4.24. The lowest BCUT2D eigenvalue weighted by Gasteiger charge is -2.11. The number of anilines is 2. The zero-order chi connectivity index (χ0) is 19.8. The number of benzene rings is 2. The lowest BCUT2D eigenvalue weighted by molar-refractivity contribution is 0.410. The smallest absolute Gasteiger partial charge is 0.224 e. The second-order valence-corrected chi connectivity index (χ2v) is 6.47. The normalized spacial score (nSPS) is 10.5. The highest BCUT2D eigenvalue weighted by Gasteiger charge is 2.05. The summed E-state index contributed by atoms with van der Waals surface area (Å²) in [7, 11) is 1.68. The molecule has 0 unspecified atom stereocenters. The lowest BCUT2D eigenvalue weighted by Crippen LogP contribution is -2.12.